The van der Waals surface area contributed by atoms with Crippen LogP contribution in [0.4, 0.5) is 0 Å². The molecule has 4 aliphatic rings. The van der Waals surface area contributed by atoms with Crippen molar-refractivity contribution in [3.63, 3.8) is 0 Å². The molecule has 1 heterocycles. The molecule has 0 aromatic heterocycles. The van der Waals surface area contributed by atoms with Crippen molar-refractivity contribution in [1.29, 1.82) is 0 Å². The van der Waals surface area contributed by atoms with Gasteiger partial charge in [-0.05, 0) is 79.4 Å². The second-order valence-corrected chi connectivity index (χ2v) is 12.0. The first-order valence-corrected chi connectivity index (χ1v) is 12.5. The van der Waals surface area contributed by atoms with E-state index in [1.807, 2.05) is 0 Å². The summed E-state index contributed by atoms with van der Waals surface area (Å²) in [5.41, 5.74) is 2.20. The van der Waals surface area contributed by atoms with Crippen molar-refractivity contribution >= 4 is 5.71 Å². The number of hydrogen-bond donors (Lipinski definition) is 1. The van der Waals surface area contributed by atoms with Crippen molar-refractivity contribution in [2.75, 3.05) is 6.54 Å². The van der Waals surface area contributed by atoms with Crippen LogP contribution < -0.4 is 0 Å². The van der Waals surface area contributed by atoms with Gasteiger partial charge in [-0.3, -0.25) is 4.99 Å². The zero-order valence-corrected chi connectivity index (χ0v) is 19.2. The minimum Gasteiger partial charge on any atom is -0.393 e. The normalized spacial score (nSPS) is 46.5. The number of aliphatic imine (C=N–C) groups is 1. The third-order valence-corrected chi connectivity index (χ3v) is 10.0. The highest BCUT2D eigenvalue weighted by Gasteiger charge is 2.59. The number of rotatable bonds is 5. The maximum absolute atomic E-state index is 10.2. The molecule has 0 aromatic rings. The van der Waals surface area contributed by atoms with Gasteiger partial charge in [0, 0.05) is 24.1 Å². The summed E-state index contributed by atoms with van der Waals surface area (Å²) >= 11 is 0. The Morgan fingerprint density at radius 3 is 2.54 bits per heavy atom. The number of hydrogen-bond acceptors (Lipinski definition) is 2. The average molecular weight is 388 g/mol. The van der Waals surface area contributed by atoms with E-state index >= 15 is 0 Å². The molecule has 0 aromatic carbocycles. The van der Waals surface area contributed by atoms with Crippen molar-refractivity contribution in [2.45, 2.75) is 105 Å². The Hall–Kier alpha value is -0.370. The van der Waals surface area contributed by atoms with E-state index in [9.17, 15) is 5.11 Å². The van der Waals surface area contributed by atoms with Crippen LogP contribution in [-0.4, -0.2) is 23.5 Å². The van der Waals surface area contributed by atoms with Gasteiger partial charge in [-0.15, -0.1) is 0 Å². The SMILES string of the molecule is CC(C)CCC[C@@H](C)[C@H]1CC[C@H]2[C@@H]3CN=C4C[C@@H](O)CC[C@]4(C)[C@H]3CC[C@]12C. The molecule has 4 rings (SSSR count). The second-order valence-electron chi connectivity index (χ2n) is 12.0. The molecule has 0 saturated heterocycles. The molecular formula is C26H45NO. The van der Waals surface area contributed by atoms with E-state index in [1.165, 1.54) is 50.7 Å². The summed E-state index contributed by atoms with van der Waals surface area (Å²) < 4.78 is 0. The molecule has 2 heteroatoms. The first kappa shape index (κ1) is 20.9. The number of aliphatic hydroxyl groups excluding tert-OH is 1. The molecule has 3 fully saturated rings. The Balaban J connectivity index is 1.49. The lowest BCUT2D eigenvalue weighted by atomic mass is 9.49. The quantitative estimate of drug-likeness (QED) is 0.573. The standard InChI is InChI=1S/C26H45NO/c1-17(2)7-6-8-18(3)21-9-10-22-20-16-27-24-15-19(28)11-13-26(24,5)23(20)12-14-25(21,22)4/h17-23,28H,6-16H2,1-5H3/t18-,19+,20+,21-,22+,23+,25-,26-/m1/s1. The third kappa shape index (κ3) is 3.40. The predicted molar refractivity (Wildman–Crippen MR) is 119 cm³/mol. The molecule has 160 valence electrons. The molecule has 0 radical (unpaired) electrons. The van der Waals surface area contributed by atoms with Crippen LogP contribution in [0.2, 0.25) is 0 Å². The van der Waals surface area contributed by atoms with E-state index in [4.69, 9.17) is 4.99 Å². The van der Waals surface area contributed by atoms with E-state index in [2.05, 4.69) is 34.6 Å². The van der Waals surface area contributed by atoms with Crippen LogP contribution >= 0.6 is 0 Å². The number of fused-ring (bicyclic) bond motifs is 5. The smallest absolute Gasteiger partial charge is 0.0592 e. The van der Waals surface area contributed by atoms with Crippen LogP contribution in [0.25, 0.3) is 0 Å². The number of aliphatic hydroxyl groups is 1. The largest absolute Gasteiger partial charge is 0.393 e. The zero-order chi connectivity index (χ0) is 20.1. The van der Waals surface area contributed by atoms with Gasteiger partial charge in [0.15, 0.2) is 0 Å². The van der Waals surface area contributed by atoms with E-state index in [0.717, 1.165) is 61.3 Å². The topological polar surface area (TPSA) is 32.6 Å². The Morgan fingerprint density at radius 2 is 1.79 bits per heavy atom. The third-order valence-electron chi connectivity index (χ3n) is 10.0. The summed E-state index contributed by atoms with van der Waals surface area (Å²) in [6.45, 7) is 13.5. The molecule has 1 N–H and O–H groups in total. The fraction of sp³-hybridized carbons (Fsp3) is 0.962. The monoisotopic (exact) mass is 387 g/mol. The van der Waals surface area contributed by atoms with E-state index in [-0.39, 0.29) is 11.5 Å². The summed E-state index contributed by atoms with van der Waals surface area (Å²) in [5, 5.41) is 10.2. The lowest BCUT2D eigenvalue weighted by Crippen LogP contribution is -2.55. The Morgan fingerprint density at radius 1 is 1.00 bits per heavy atom. The summed E-state index contributed by atoms with van der Waals surface area (Å²) in [6.07, 6.45) is 12.8. The molecule has 0 spiro atoms. The molecule has 0 bridgehead atoms. The highest BCUT2D eigenvalue weighted by molar-refractivity contribution is 5.92. The molecule has 28 heavy (non-hydrogen) atoms. The molecule has 2 nitrogen and oxygen atoms in total. The van der Waals surface area contributed by atoms with Gasteiger partial charge in [0.05, 0.1) is 6.10 Å². The summed E-state index contributed by atoms with van der Waals surface area (Å²) in [4.78, 5) is 5.15. The van der Waals surface area contributed by atoms with E-state index in [0.29, 0.717) is 5.41 Å². The van der Waals surface area contributed by atoms with Crippen LogP contribution in [-0.2, 0) is 0 Å². The Bertz CT molecular complexity index is 597. The molecule has 8 atom stereocenters. The van der Waals surface area contributed by atoms with Gasteiger partial charge in [0.1, 0.15) is 0 Å². The zero-order valence-electron chi connectivity index (χ0n) is 19.2. The molecule has 3 aliphatic carbocycles. The Labute approximate surface area is 174 Å². The number of nitrogens with zero attached hydrogens (tertiary/aromatic N) is 1. The first-order chi connectivity index (χ1) is 13.3. The summed E-state index contributed by atoms with van der Waals surface area (Å²) in [6, 6.07) is 0. The van der Waals surface area contributed by atoms with E-state index in [1.54, 1.807) is 0 Å². The maximum Gasteiger partial charge on any atom is 0.0592 e. The minimum absolute atomic E-state index is 0.139. The highest BCUT2D eigenvalue weighted by atomic mass is 16.3. The molecular weight excluding hydrogens is 342 g/mol. The average Bonchev–Trinajstić information content (AvgIpc) is 2.99. The van der Waals surface area contributed by atoms with Crippen LogP contribution in [0.3, 0.4) is 0 Å². The summed E-state index contributed by atoms with van der Waals surface area (Å²) in [5.74, 6) is 5.16. The van der Waals surface area contributed by atoms with Gasteiger partial charge in [0.2, 0.25) is 0 Å². The van der Waals surface area contributed by atoms with Gasteiger partial charge in [-0.1, -0.05) is 53.9 Å². The van der Waals surface area contributed by atoms with Crippen LogP contribution in [0.5, 0.6) is 0 Å². The van der Waals surface area contributed by atoms with Crippen molar-refractivity contribution < 1.29 is 5.11 Å². The van der Waals surface area contributed by atoms with Crippen molar-refractivity contribution in [1.82, 2.24) is 0 Å². The fourth-order valence-electron chi connectivity index (χ4n) is 8.39. The lowest BCUT2D eigenvalue weighted by Gasteiger charge is -2.57. The van der Waals surface area contributed by atoms with Gasteiger partial charge in [-0.25, -0.2) is 0 Å². The van der Waals surface area contributed by atoms with Gasteiger partial charge in [-0.2, -0.15) is 0 Å². The minimum atomic E-state index is -0.139. The lowest BCUT2D eigenvalue weighted by molar-refractivity contribution is -0.0416. The van der Waals surface area contributed by atoms with Crippen molar-refractivity contribution in [3.8, 4) is 0 Å². The van der Waals surface area contributed by atoms with Gasteiger partial charge in [0.25, 0.3) is 0 Å². The molecule has 1 aliphatic heterocycles. The predicted octanol–water partition coefficient (Wildman–Crippen LogP) is 6.51. The van der Waals surface area contributed by atoms with Crippen LogP contribution in [0, 0.1) is 46.3 Å². The van der Waals surface area contributed by atoms with Crippen molar-refractivity contribution in [3.05, 3.63) is 0 Å². The maximum atomic E-state index is 10.2. The fourth-order valence-corrected chi connectivity index (χ4v) is 8.39. The van der Waals surface area contributed by atoms with Crippen LogP contribution in [0.15, 0.2) is 4.99 Å². The van der Waals surface area contributed by atoms with Gasteiger partial charge < -0.3 is 5.11 Å². The second kappa shape index (κ2) is 7.71. The molecule has 0 unspecified atom stereocenters. The first-order valence-electron chi connectivity index (χ1n) is 12.5. The van der Waals surface area contributed by atoms with Gasteiger partial charge >= 0.3 is 0 Å². The summed E-state index contributed by atoms with van der Waals surface area (Å²) in [7, 11) is 0. The molecule has 3 saturated carbocycles. The van der Waals surface area contributed by atoms with Crippen molar-refractivity contribution in [2.24, 2.45) is 51.3 Å². The van der Waals surface area contributed by atoms with Crippen LogP contribution in [0.1, 0.15) is 98.8 Å². The Kier molecular flexibility index (Phi) is 5.75. The molecule has 0 amide bonds. The highest BCUT2D eigenvalue weighted by Crippen LogP contribution is 2.65. The van der Waals surface area contributed by atoms with E-state index < -0.39 is 0 Å².